The van der Waals surface area contributed by atoms with Crippen LogP contribution in [0.25, 0.3) is 22.3 Å². The molecule has 1 heteroatoms. The Bertz CT molecular complexity index is 886. The van der Waals surface area contributed by atoms with Gasteiger partial charge in [-0.1, -0.05) is 86.7 Å². The molecule has 0 N–H and O–H groups in total. The van der Waals surface area contributed by atoms with Crippen LogP contribution in [0.2, 0.25) is 0 Å². The summed E-state index contributed by atoms with van der Waals surface area (Å²) >= 11 is 0. The molecular formula is C26H28O. The van der Waals surface area contributed by atoms with Crippen molar-refractivity contribution in [2.45, 2.75) is 33.6 Å². The lowest BCUT2D eigenvalue weighted by Gasteiger charge is -2.14. The molecular weight excluding hydrogens is 328 g/mol. The van der Waals surface area contributed by atoms with Crippen LogP contribution in [-0.4, -0.2) is 6.61 Å². The molecule has 0 radical (unpaired) electrons. The Morgan fingerprint density at radius 2 is 1.26 bits per heavy atom. The van der Waals surface area contributed by atoms with E-state index in [0.717, 1.165) is 24.2 Å². The van der Waals surface area contributed by atoms with Crippen molar-refractivity contribution in [3.63, 3.8) is 0 Å². The maximum absolute atomic E-state index is 6.11. The van der Waals surface area contributed by atoms with Gasteiger partial charge in [-0.3, -0.25) is 0 Å². The van der Waals surface area contributed by atoms with E-state index in [-0.39, 0.29) is 0 Å². The molecule has 27 heavy (non-hydrogen) atoms. The Morgan fingerprint density at radius 1 is 0.704 bits per heavy atom. The molecule has 1 nitrogen and oxygen atoms in total. The average molecular weight is 357 g/mol. The number of rotatable bonds is 7. The van der Waals surface area contributed by atoms with Crippen LogP contribution in [0.3, 0.4) is 0 Å². The normalized spacial score (nSPS) is 11.1. The van der Waals surface area contributed by atoms with Crippen LogP contribution >= 0.6 is 0 Å². The molecule has 0 amide bonds. The lowest BCUT2D eigenvalue weighted by molar-refractivity contribution is 0.364. The summed E-state index contributed by atoms with van der Waals surface area (Å²) in [5, 5.41) is 0. The van der Waals surface area contributed by atoms with Gasteiger partial charge in [-0.05, 0) is 53.6 Å². The standard InChI is InChI=1S/C26H28O/c1-4-7-18-27-26-19-24(22-12-8-20(5-2)9-13-22)16-17-25(26)23-14-10-21(6-3)11-15-23/h4,7-17,19H,5-6,18H2,1-3H3/b7-4+. The first-order valence-corrected chi connectivity index (χ1v) is 9.81. The van der Waals surface area contributed by atoms with E-state index in [0.29, 0.717) is 6.61 Å². The van der Waals surface area contributed by atoms with E-state index in [4.69, 9.17) is 4.74 Å². The zero-order chi connectivity index (χ0) is 19.1. The van der Waals surface area contributed by atoms with Crippen molar-refractivity contribution >= 4 is 0 Å². The minimum Gasteiger partial charge on any atom is -0.489 e. The summed E-state index contributed by atoms with van der Waals surface area (Å²) in [6, 6.07) is 24.1. The highest BCUT2D eigenvalue weighted by Crippen LogP contribution is 2.34. The molecule has 0 fully saturated rings. The maximum Gasteiger partial charge on any atom is 0.128 e. The van der Waals surface area contributed by atoms with Crippen LogP contribution in [-0.2, 0) is 12.8 Å². The van der Waals surface area contributed by atoms with E-state index in [9.17, 15) is 0 Å². The van der Waals surface area contributed by atoms with Gasteiger partial charge in [0.2, 0.25) is 0 Å². The lowest BCUT2D eigenvalue weighted by Crippen LogP contribution is -1.96. The molecule has 0 aromatic heterocycles. The third-order valence-electron chi connectivity index (χ3n) is 4.92. The number of allylic oxidation sites excluding steroid dienone is 1. The Labute approximate surface area is 163 Å². The summed E-state index contributed by atoms with van der Waals surface area (Å²) < 4.78 is 6.11. The van der Waals surface area contributed by atoms with Gasteiger partial charge in [0.1, 0.15) is 12.4 Å². The zero-order valence-electron chi connectivity index (χ0n) is 16.5. The molecule has 0 atom stereocenters. The van der Waals surface area contributed by atoms with Crippen molar-refractivity contribution in [3.05, 3.63) is 90.0 Å². The molecule has 0 unspecified atom stereocenters. The summed E-state index contributed by atoms with van der Waals surface area (Å²) in [6.45, 7) is 6.95. The lowest BCUT2D eigenvalue weighted by atomic mass is 9.97. The van der Waals surface area contributed by atoms with Crippen molar-refractivity contribution < 1.29 is 4.74 Å². The van der Waals surface area contributed by atoms with Crippen LogP contribution in [0, 0.1) is 0 Å². The summed E-state index contributed by atoms with van der Waals surface area (Å²) in [7, 11) is 0. The molecule has 3 aromatic carbocycles. The molecule has 0 aliphatic carbocycles. The van der Waals surface area contributed by atoms with Crippen LogP contribution in [0.4, 0.5) is 0 Å². The number of aryl methyl sites for hydroxylation is 2. The number of ether oxygens (including phenoxy) is 1. The van der Waals surface area contributed by atoms with E-state index in [1.54, 1.807) is 0 Å². The zero-order valence-corrected chi connectivity index (χ0v) is 16.5. The fourth-order valence-corrected chi connectivity index (χ4v) is 3.15. The van der Waals surface area contributed by atoms with Gasteiger partial charge in [0.25, 0.3) is 0 Å². The van der Waals surface area contributed by atoms with E-state index in [1.165, 1.54) is 27.8 Å². The Hall–Kier alpha value is -2.80. The van der Waals surface area contributed by atoms with Crippen LogP contribution < -0.4 is 4.74 Å². The summed E-state index contributed by atoms with van der Waals surface area (Å²) in [4.78, 5) is 0. The molecule has 0 heterocycles. The SMILES string of the molecule is C/C=C/COc1cc(-c2ccc(CC)cc2)ccc1-c1ccc(CC)cc1. The molecule has 0 aliphatic rings. The van der Waals surface area contributed by atoms with Crippen molar-refractivity contribution in [1.82, 2.24) is 0 Å². The highest BCUT2D eigenvalue weighted by molar-refractivity contribution is 5.76. The Kier molecular flexibility index (Phi) is 6.49. The van der Waals surface area contributed by atoms with Gasteiger partial charge < -0.3 is 4.74 Å². The van der Waals surface area contributed by atoms with Crippen LogP contribution in [0.1, 0.15) is 31.9 Å². The van der Waals surface area contributed by atoms with Gasteiger partial charge in [-0.15, -0.1) is 0 Å². The van der Waals surface area contributed by atoms with Crippen molar-refractivity contribution in [2.24, 2.45) is 0 Å². The molecule has 0 saturated heterocycles. The monoisotopic (exact) mass is 356 g/mol. The van der Waals surface area contributed by atoms with Crippen molar-refractivity contribution in [3.8, 4) is 28.0 Å². The second-order valence-electron chi connectivity index (χ2n) is 6.69. The van der Waals surface area contributed by atoms with Gasteiger partial charge in [0, 0.05) is 5.56 Å². The fraction of sp³-hybridized carbons (Fsp3) is 0.231. The molecule has 138 valence electrons. The third-order valence-corrected chi connectivity index (χ3v) is 4.92. The Balaban J connectivity index is 1.98. The largest absolute Gasteiger partial charge is 0.489 e. The van der Waals surface area contributed by atoms with Gasteiger partial charge in [0.05, 0.1) is 0 Å². The first kappa shape index (κ1) is 19.0. The van der Waals surface area contributed by atoms with E-state index < -0.39 is 0 Å². The van der Waals surface area contributed by atoms with Crippen molar-refractivity contribution in [2.75, 3.05) is 6.61 Å². The average Bonchev–Trinajstić information content (AvgIpc) is 2.74. The second-order valence-corrected chi connectivity index (χ2v) is 6.69. The predicted molar refractivity (Wildman–Crippen MR) is 116 cm³/mol. The summed E-state index contributed by atoms with van der Waals surface area (Å²) in [6.07, 6.45) is 6.16. The van der Waals surface area contributed by atoms with Gasteiger partial charge in [-0.2, -0.15) is 0 Å². The molecule has 3 rings (SSSR count). The third kappa shape index (κ3) is 4.68. The quantitative estimate of drug-likeness (QED) is 0.410. The van der Waals surface area contributed by atoms with Gasteiger partial charge in [-0.25, -0.2) is 0 Å². The first-order chi connectivity index (χ1) is 13.2. The fourth-order valence-electron chi connectivity index (χ4n) is 3.15. The number of benzene rings is 3. The maximum atomic E-state index is 6.11. The van der Waals surface area contributed by atoms with Crippen LogP contribution in [0.15, 0.2) is 78.9 Å². The van der Waals surface area contributed by atoms with E-state index >= 15 is 0 Å². The summed E-state index contributed by atoms with van der Waals surface area (Å²) in [5.74, 6) is 0.925. The van der Waals surface area contributed by atoms with E-state index in [2.05, 4.69) is 80.6 Å². The van der Waals surface area contributed by atoms with Crippen molar-refractivity contribution in [1.29, 1.82) is 0 Å². The molecule has 3 aromatic rings. The Morgan fingerprint density at radius 3 is 1.81 bits per heavy atom. The van der Waals surface area contributed by atoms with Gasteiger partial charge in [0.15, 0.2) is 0 Å². The topological polar surface area (TPSA) is 9.23 Å². The minimum absolute atomic E-state index is 0.578. The number of hydrogen-bond donors (Lipinski definition) is 0. The molecule has 0 saturated carbocycles. The number of hydrogen-bond acceptors (Lipinski definition) is 1. The predicted octanol–water partition coefficient (Wildman–Crippen LogP) is 7.10. The molecule has 0 aliphatic heterocycles. The highest BCUT2D eigenvalue weighted by atomic mass is 16.5. The summed E-state index contributed by atoms with van der Waals surface area (Å²) in [5.41, 5.74) is 7.43. The molecule has 0 spiro atoms. The first-order valence-electron chi connectivity index (χ1n) is 9.81. The second kappa shape index (κ2) is 9.23. The molecule has 0 bridgehead atoms. The van der Waals surface area contributed by atoms with Gasteiger partial charge >= 0.3 is 0 Å². The highest BCUT2D eigenvalue weighted by Gasteiger charge is 2.09. The smallest absolute Gasteiger partial charge is 0.128 e. The minimum atomic E-state index is 0.578. The van der Waals surface area contributed by atoms with E-state index in [1.807, 2.05) is 19.1 Å². The van der Waals surface area contributed by atoms with Crippen LogP contribution in [0.5, 0.6) is 5.75 Å².